The predicted octanol–water partition coefficient (Wildman–Crippen LogP) is 4.52. The van der Waals surface area contributed by atoms with Crippen LogP contribution in [-0.4, -0.2) is 0 Å². The van der Waals surface area contributed by atoms with Gasteiger partial charge in [-0.25, -0.2) is 0 Å². The van der Waals surface area contributed by atoms with Crippen LogP contribution in [-0.2, 0) is 17.3 Å². The number of benzene rings is 1. The number of rotatable bonds is 0. The Morgan fingerprint density at radius 1 is 1.12 bits per heavy atom. The molecule has 0 N–H and O–H groups in total. The van der Waals surface area contributed by atoms with Crippen LogP contribution in [0.4, 0.5) is 0 Å². The first kappa shape index (κ1) is 11.7. The second-order valence-corrected chi connectivity index (χ2v) is 6.92. The molecule has 16 heavy (non-hydrogen) atoms. The third kappa shape index (κ3) is 1.69. The smallest absolute Gasteiger partial charge is 0.00946 e. The van der Waals surface area contributed by atoms with E-state index in [0.29, 0.717) is 5.41 Å². The first-order valence-corrected chi connectivity index (χ1v) is 6.37. The SMILES string of the molecule is Cc1ccc(C(C)(C)C)c2c1CCC2(C)C. The van der Waals surface area contributed by atoms with Crippen LogP contribution in [0.3, 0.4) is 0 Å². The molecule has 0 fully saturated rings. The van der Waals surface area contributed by atoms with E-state index in [1.165, 1.54) is 18.4 Å². The number of aryl methyl sites for hydroxylation is 1. The van der Waals surface area contributed by atoms with Crippen LogP contribution < -0.4 is 0 Å². The van der Waals surface area contributed by atoms with E-state index in [1.54, 1.807) is 16.7 Å². The quantitative estimate of drug-likeness (QED) is 0.598. The molecular formula is C16H24. The molecule has 0 unspecified atom stereocenters. The summed E-state index contributed by atoms with van der Waals surface area (Å²) in [6.45, 7) is 14.0. The standard InChI is InChI=1S/C16H24/c1-11-7-8-13(15(2,3)4)14-12(11)9-10-16(14,5)6/h7-8H,9-10H2,1-6H3. The molecule has 2 rings (SSSR count). The fourth-order valence-electron chi connectivity index (χ4n) is 3.03. The van der Waals surface area contributed by atoms with E-state index in [1.807, 2.05) is 0 Å². The first-order valence-electron chi connectivity index (χ1n) is 6.37. The van der Waals surface area contributed by atoms with Gasteiger partial charge in [0.2, 0.25) is 0 Å². The van der Waals surface area contributed by atoms with Gasteiger partial charge in [-0.15, -0.1) is 0 Å². The van der Waals surface area contributed by atoms with E-state index in [-0.39, 0.29) is 5.41 Å². The van der Waals surface area contributed by atoms with Crippen LogP contribution >= 0.6 is 0 Å². The van der Waals surface area contributed by atoms with Gasteiger partial charge in [-0.3, -0.25) is 0 Å². The number of hydrogen-bond acceptors (Lipinski definition) is 0. The van der Waals surface area contributed by atoms with Crippen molar-refractivity contribution < 1.29 is 0 Å². The molecule has 0 bridgehead atoms. The maximum atomic E-state index is 2.40. The molecular weight excluding hydrogens is 192 g/mol. The molecule has 0 radical (unpaired) electrons. The molecule has 1 aromatic rings. The zero-order valence-corrected chi connectivity index (χ0v) is 11.6. The molecule has 0 nitrogen and oxygen atoms in total. The lowest BCUT2D eigenvalue weighted by atomic mass is 9.75. The Balaban J connectivity index is 2.72. The molecule has 0 heteroatoms. The van der Waals surface area contributed by atoms with Gasteiger partial charge < -0.3 is 0 Å². The summed E-state index contributed by atoms with van der Waals surface area (Å²) in [5, 5.41) is 0. The summed E-state index contributed by atoms with van der Waals surface area (Å²) in [5.41, 5.74) is 6.92. The van der Waals surface area contributed by atoms with Gasteiger partial charge in [0.05, 0.1) is 0 Å². The van der Waals surface area contributed by atoms with E-state index in [9.17, 15) is 0 Å². The highest BCUT2D eigenvalue weighted by Gasteiger charge is 2.35. The van der Waals surface area contributed by atoms with E-state index in [4.69, 9.17) is 0 Å². The third-order valence-corrected chi connectivity index (χ3v) is 4.03. The van der Waals surface area contributed by atoms with Crippen molar-refractivity contribution in [2.45, 2.75) is 65.2 Å². The van der Waals surface area contributed by atoms with Crippen LogP contribution in [0.1, 0.15) is 63.3 Å². The highest BCUT2D eigenvalue weighted by atomic mass is 14.4. The molecule has 0 aromatic heterocycles. The fraction of sp³-hybridized carbons (Fsp3) is 0.625. The zero-order valence-electron chi connectivity index (χ0n) is 11.6. The predicted molar refractivity (Wildman–Crippen MR) is 71.2 cm³/mol. The Kier molecular flexibility index (Phi) is 2.45. The van der Waals surface area contributed by atoms with Gasteiger partial charge in [0.1, 0.15) is 0 Å². The van der Waals surface area contributed by atoms with Gasteiger partial charge in [0.15, 0.2) is 0 Å². The van der Waals surface area contributed by atoms with E-state index in [0.717, 1.165) is 0 Å². The van der Waals surface area contributed by atoms with Gasteiger partial charge in [0, 0.05) is 0 Å². The number of hydrogen-bond donors (Lipinski definition) is 0. The summed E-state index contributed by atoms with van der Waals surface area (Å²) < 4.78 is 0. The average molecular weight is 216 g/mol. The Labute approximate surface area is 100 Å². The lowest BCUT2D eigenvalue weighted by Crippen LogP contribution is -2.22. The molecule has 0 saturated heterocycles. The van der Waals surface area contributed by atoms with Gasteiger partial charge in [-0.05, 0) is 52.8 Å². The lowest BCUT2D eigenvalue weighted by molar-refractivity contribution is 0.497. The van der Waals surface area contributed by atoms with E-state index >= 15 is 0 Å². The molecule has 0 spiro atoms. The minimum absolute atomic E-state index is 0.263. The van der Waals surface area contributed by atoms with Crippen molar-refractivity contribution in [1.29, 1.82) is 0 Å². The Hall–Kier alpha value is -0.780. The van der Waals surface area contributed by atoms with Crippen molar-refractivity contribution in [3.8, 4) is 0 Å². The van der Waals surface area contributed by atoms with Crippen molar-refractivity contribution in [3.63, 3.8) is 0 Å². The van der Waals surface area contributed by atoms with Crippen LogP contribution in [0.25, 0.3) is 0 Å². The molecule has 0 aliphatic heterocycles. The Morgan fingerprint density at radius 3 is 2.31 bits per heavy atom. The van der Waals surface area contributed by atoms with Crippen molar-refractivity contribution in [2.75, 3.05) is 0 Å². The molecule has 1 aromatic carbocycles. The Morgan fingerprint density at radius 2 is 1.75 bits per heavy atom. The molecule has 88 valence electrons. The normalized spacial score (nSPS) is 18.6. The summed E-state index contributed by atoms with van der Waals surface area (Å²) >= 11 is 0. The summed E-state index contributed by atoms with van der Waals surface area (Å²) in [4.78, 5) is 0. The van der Waals surface area contributed by atoms with Gasteiger partial charge in [-0.2, -0.15) is 0 Å². The maximum Gasteiger partial charge on any atom is -0.00946 e. The van der Waals surface area contributed by atoms with Crippen molar-refractivity contribution in [3.05, 3.63) is 34.4 Å². The van der Waals surface area contributed by atoms with Crippen molar-refractivity contribution in [1.82, 2.24) is 0 Å². The highest BCUT2D eigenvalue weighted by Crippen LogP contribution is 2.44. The summed E-state index contributed by atoms with van der Waals surface area (Å²) in [6, 6.07) is 4.65. The van der Waals surface area contributed by atoms with E-state index < -0.39 is 0 Å². The van der Waals surface area contributed by atoms with E-state index in [2.05, 4.69) is 53.7 Å². The zero-order chi connectivity index (χ0) is 12.1. The second kappa shape index (κ2) is 3.35. The van der Waals surface area contributed by atoms with Gasteiger partial charge in [0.25, 0.3) is 0 Å². The van der Waals surface area contributed by atoms with Crippen molar-refractivity contribution in [2.24, 2.45) is 0 Å². The fourth-order valence-corrected chi connectivity index (χ4v) is 3.03. The Bertz CT molecular complexity index is 416. The monoisotopic (exact) mass is 216 g/mol. The van der Waals surface area contributed by atoms with Crippen LogP contribution in [0.2, 0.25) is 0 Å². The minimum Gasteiger partial charge on any atom is -0.0587 e. The second-order valence-electron chi connectivity index (χ2n) is 6.92. The van der Waals surface area contributed by atoms with Crippen LogP contribution in [0.15, 0.2) is 12.1 Å². The van der Waals surface area contributed by atoms with Crippen molar-refractivity contribution >= 4 is 0 Å². The average Bonchev–Trinajstić information content (AvgIpc) is 2.42. The minimum atomic E-state index is 0.263. The largest absolute Gasteiger partial charge is 0.0587 e. The van der Waals surface area contributed by atoms with Crippen LogP contribution in [0.5, 0.6) is 0 Å². The third-order valence-electron chi connectivity index (χ3n) is 4.03. The molecule has 0 amide bonds. The number of fused-ring (bicyclic) bond motifs is 1. The summed E-state index contributed by atoms with van der Waals surface area (Å²) in [5.74, 6) is 0. The summed E-state index contributed by atoms with van der Waals surface area (Å²) in [6.07, 6.45) is 2.56. The highest BCUT2D eigenvalue weighted by molar-refractivity contribution is 5.50. The topological polar surface area (TPSA) is 0 Å². The molecule has 0 saturated carbocycles. The summed E-state index contributed by atoms with van der Waals surface area (Å²) in [7, 11) is 0. The molecule has 0 heterocycles. The lowest BCUT2D eigenvalue weighted by Gasteiger charge is -2.30. The van der Waals surface area contributed by atoms with Crippen LogP contribution in [0, 0.1) is 6.92 Å². The molecule has 1 aliphatic carbocycles. The molecule has 0 atom stereocenters. The molecule has 1 aliphatic rings. The maximum absolute atomic E-state index is 2.40. The first-order chi connectivity index (χ1) is 7.23. The van der Waals surface area contributed by atoms with Gasteiger partial charge >= 0.3 is 0 Å². The van der Waals surface area contributed by atoms with Gasteiger partial charge in [-0.1, -0.05) is 46.8 Å².